The number of benzene rings is 1. The first-order valence-corrected chi connectivity index (χ1v) is 5.22. The summed E-state index contributed by atoms with van der Waals surface area (Å²) in [7, 11) is 0. The molecule has 1 N–H and O–H groups in total. The van der Waals surface area contributed by atoms with Gasteiger partial charge in [-0.05, 0) is 0 Å². The van der Waals surface area contributed by atoms with Gasteiger partial charge in [-0.25, -0.2) is 9.97 Å². The van der Waals surface area contributed by atoms with E-state index >= 15 is 0 Å². The van der Waals surface area contributed by atoms with Gasteiger partial charge in [-0.15, -0.1) is 0 Å². The van der Waals surface area contributed by atoms with Crippen LogP contribution in [-0.2, 0) is 4.79 Å². The number of nitrogens with zero attached hydrogens (tertiary/aromatic N) is 2. The van der Waals surface area contributed by atoms with Gasteiger partial charge in [0.1, 0.15) is 0 Å². The van der Waals surface area contributed by atoms with E-state index in [-0.39, 0.29) is 5.69 Å². The number of amides is 1. The third kappa shape index (κ3) is 3.27. The molecule has 1 aromatic carbocycles. The lowest BCUT2D eigenvalue weighted by Crippen LogP contribution is -2.30. The molecule has 0 atom stereocenters. The van der Waals surface area contributed by atoms with Crippen LogP contribution in [0.25, 0.3) is 11.4 Å². The molecule has 19 heavy (non-hydrogen) atoms. The molecule has 1 aromatic heterocycles. The van der Waals surface area contributed by atoms with Crippen molar-refractivity contribution in [2.75, 3.05) is 5.32 Å². The third-order valence-electron chi connectivity index (χ3n) is 2.20. The van der Waals surface area contributed by atoms with Gasteiger partial charge in [-0.1, -0.05) is 30.3 Å². The van der Waals surface area contributed by atoms with Crippen LogP contribution in [0.2, 0.25) is 0 Å². The standard InChI is InChI=1S/C12H8F3N3O/c13-12(14,15)11(19)18-9-6-16-10(17-7-9)8-4-2-1-3-5-8/h1-7H,(H,18,19). The second-order valence-electron chi connectivity index (χ2n) is 3.61. The molecule has 0 fully saturated rings. The van der Waals surface area contributed by atoms with Gasteiger partial charge >= 0.3 is 12.1 Å². The van der Waals surface area contributed by atoms with Gasteiger partial charge in [0.25, 0.3) is 0 Å². The second kappa shape index (κ2) is 5.05. The minimum Gasteiger partial charge on any atom is -0.316 e. The lowest BCUT2D eigenvalue weighted by Gasteiger charge is -2.07. The van der Waals surface area contributed by atoms with Crippen LogP contribution in [0.3, 0.4) is 0 Å². The first kappa shape index (κ1) is 13.0. The highest BCUT2D eigenvalue weighted by molar-refractivity contribution is 5.94. The predicted molar refractivity (Wildman–Crippen MR) is 62.2 cm³/mol. The summed E-state index contributed by atoms with van der Waals surface area (Å²) in [6.45, 7) is 0. The number of aromatic nitrogens is 2. The Balaban J connectivity index is 2.14. The van der Waals surface area contributed by atoms with Crippen LogP contribution < -0.4 is 5.32 Å². The molecule has 0 aliphatic heterocycles. The molecule has 2 aromatic rings. The summed E-state index contributed by atoms with van der Waals surface area (Å²) in [5, 5.41) is 1.67. The van der Waals surface area contributed by atoms with E-state index in [1.165, 1.54) is 0 Å². The first-order valence-electron chi connectivity index (χ1n) is 5.22. The van der Waals surface area contributed by atoms with Gasteiger partial charge in [0.2, 0.25) is 0 Å². The van der Waals surface area contributed by atoms with Crippen molar-refractivity contribution in [1.82, 2.24) is 9.97 Å². The highest BCUT2D eigenvalue weighted by Gasteiger charge is 2.38. The molecular formula is C12H8F3N3O. The number of carbonyl (C=O) groups is 1. The van der Waals surface area contributed by atoms with Crippen molar-refractivity contribution in [2.45, 2.75) is 6.18 Å². The molecule has 0 aliphatic carbocycles. The molecule has 0 unspecified atom stereocenters. The summed E-state index contributed by atoms with van der Waals surface area (Å²) in [6.07, 6.45) is -2.68. The topological polar surface area (TPSA) is 54.9 Å². The fourth-order valence-corrected chi connectivity index (χ4v) is 1.33. The first-order chi connectivity index (χ1) is 8.97. The number of hydrogen-bond acceptors (Lipinski definition) is 3. The van der Waals surface area contributed by atoms with E-state index in [0.717, 1.165) is 18.0 Å². The van der Waals surface area contributed by atoms with Gasteiger partial charge in [0.15, 0.2) is 5.82 Å². The normalized spacial score (nSPS) is 11.1. The van der Waals surface area contributed by atoms with Crippen LogP contribution >= 0.6 is 0 Å². The number of anilines is 1. The Kier molecular flexibility index (Phi) is 3.46. The number of alkyl halides is 3. The van der Waals surface area contributed by atoms with Crippen molar-refractivity contribution in [3.05, 3.63) is 42.7 Å². The monoisotopic (exact) mass is 267 g/mol. The molecule has 1 heterocycles. The SMILES string of the molecule is O=C(Nc1cnc(-c2ccccc2)nc1)C(F)(F)F. The van der Waals surface area contributed by atoms with Crippen molar-refractivity contribution in [1.29, 1.82) is 0 Å². The number of hydrogen-bond donors (Lipinski definition) is 1. The minimum absolute atomic E-state index is 0.109. The zero-order valence-corrected chi connectivity index (χ0v) is 9.48. The average Bonchev–Trinajstić information content (AvgIpc) is 2.39. The van der Waals surface area contributed by atoms with E-state index in [4.69, 9.17) is 0 Å². The highest BCUT2D eigenvalue weighted by Crippen LogP contribution is 2.19. The fraction of sp³-hybridized carbons (Fsp3) is 0.0833. The third-order valence-corrected chi connectivity index (χ3v) is 2.20. The second-order valence-corrected chi connectivity index (χ2v) is 3.61. The van der Waals surface area contributed by atoms with Crippen LogP contribution in [0.5, 0.6) is 0 Å². The summed E-state index contributed by atoms with van der Waals surface area (Å²) >= 11 is 0. The van der Waals surface area contributed by atoms with Crippen LogP contribution in [0.1, 0.15) is 0 Å². The zero-order valence-electron chi connectivity index (χ0n) is 9.48. The predicted octanol–water partition coefficient (Wildman–Crippen LogP) is 2.64. The Labute approximate surface area is 106 Å². The molecule has 0 spiro atoms. The maximum atomic E-state index is 12.0. The van der Waals surface area contributed by atoms with Crippen molar-refractivity contribution in [3.63, 3.8) is 0 Å². The van der Waals surface area contributed by atoms with Gasteiger partial charge in [0, 0.05) is 5.56 Å². The quantitative estimate of drug-likeness (QED) is 0.910. The lowest BCUT2D eigenvalue weighted by atomic mass is 10.2. The molecule has 0 saturated heterocycles. The Morgan fingerprint density at radius 2 is 1.63 bits per heavy atom. The molecule has 0 bridgehead atoms. The van der Waals surface area contributed by atoms with E-state index in [1.807, 2.05) is 6.07 Å². The summed E-state index contributed by atoms with van der Waals surface area (Å²) in [5.41, 5.74) is 0.623. The zero-order chi connectivity index (χ0) is 13.9. The molecule has 0 aliphatic rings. The van der Waals surface area contributed by atoms with E-state index in [0.29, 0.717) is 5.82 Å². The van der Waals surface area contributed by atoms with Gasteiger partial charge in [-0.2, -0.15) is 13.2 Å². The number of halogens is 3. The maximum absolute atomic E-state index is 12.0. The molecule has 98 valence electrons. The molecule has 4 nitrogen and oxygen atoms in total. The largest absolute Gasteiger partial charge is 0.471 e. The Bertz CT molecular complexity index is 567. The van der Waals surface area contributed by atoms with E-state index in [2.05, 4.69) is 9.97 Å². The van der Waals surface area contributed by atoms with Crippen molar-refractivity contribution >= 4 is 11.6 Å². The van der Waals surface area contributed by atoms with Gasteiger partial charge < -0.3 is 5.32 Å². The van der Waals surface area contributed by atoms with Crippen molar-refractivity contribution in [3.8, 4) is 11.4 Å². The summed E-state index contributed by atoms with van der Waals surface area (Å²) < 4.78 is 36.1. The van der Waals surface area contributed by atoms with Gasteiger partial charge in [0.05, 0.1) is 18.1 Å². The smallest absolute Gasteiger partial charge is 0.316 e. The van der Waals surface area contributed by atoms with Gasteiger partial charge in [-0.3, -0.25) is 4.79 Å². The van der Waals surface area contributed by atoms with Crippen molar-refractivity contribution < 1.29 is 18.0 Å². The fourth-order valence-electron chi connectivity index (χ4n) is 1.33. The Hall–Kier alpha value is -2.44. The average molecular weight is 267 g/mol. The van der Waals surface area contributed by atoms with Crippen molar-refractivity contribution in [2.24, 2.45) is 0 Å². The highest BCUT2D eigenvalue weighted by atomic mass is 19.4. The summed E-state index contributed by atoms with van der Waals surface area (Å²) in [4.78, 5) is 18.5. The molecule has 1 amide bonds. The minimum atomic E-state index is -4.93. The lowest BCUT2D eigenvalue weighted by molar-refractivity contribution is -0.167. The van der Waals surface area contributed by atoms with E-state index in [1.54, 1.807) is 29.6 Å². The van der Waals surface area contributed by atoms with Crippen LogP contribution in [-0.4, -0.2) is 22.1 Å². The molecular weight excluding hydrogens is 259 g/mol. The number of rotatable bonds is 2. The van der Waals surface area contributed by atoms with Crippen LogP contribution in [0.4, 0.5) is 18.9 Å². The molecule has 7 heteroatoms. The number of nitrogens with one attached hydrogen (secondary N) is 1. The number of carbonyl (C=O) groups excluding carboxylic acids is 1. The molecule has 0 saturated carbocycles. The van der Waals surface area contributed by atoms with Crippen LogP contribution in [0, 0.1) is 0 Å². The van der Waals surface area contributed by atoms with E-state index < -0.39 is 12.1 Å². The summed E-state index contributed by atoms with van der Waals surface area (Å²) in [5.74, 6) is -1.69. The Morgan fingerprint density at radius 3 is 2.16 bits per heavy atom. The summed E-state index contributed by atoms with van der Waals surface area (Å²) in [6, 6.07) is 8.93. The molecule has 0 radical (unpaired) electrons. The van der Waals surface area contributed by atoms with E-state index in [9.17, 15) is 18.0 Å². The van der Waals surface area contributed by atoms with Crippen LogP contribution in [0.15, 0.2) is 42.7 Å². The Morgan fingerprint density at radius 1 is 1.05 bits per heavy atom. The maximum Gasteiger partial charge on any atom is 0.471 e. The molecule has 2 rings (SSSR count).